The molecule has 0 saturated heterocycles. The molecular formula is C4H2N4O3. The summed E-state index contributed by atoms with van der Waals surface area (Å²) in [5.74, 6) is 0. The third kappa shape index (κ3) is 0.672. The third-order valence-corrected chi connectivity index (χ3v) is 1.19. The number of fused-ring (bicyclic) bond motifs is 1. The maximum absolute atomic E-state index is 10.8. The van der Waals surface area contributed by atoms with Crippen LogP contribution in [0.15, 0.2) is 15.8 Å². The molecule has 7 heteroatoms. The summed E-state index contributed by atoms with van der Waals surface area (Å²) in [4.78, 5) is 16.7. The van der Waals surface area contributed by atoms with E-state index in [1.54, 1.807) is 0 Å². The predicted molar refractivity (Wildman–Crippen MR) is 31.4 cm³/mol. The molecule has 0 spiro atoms. The number of nitrogens with one attached hydrogen (secondary N) is 1. The van der Waals surface area contributed by atoms with Gasteiger partial charge in [-0.15, -0.1) is 0 Å². The monoisotopic (exact) mass is 154 g/mol. The molecule has 0 saturated carbocycles. The molecule has 2 heterocycles. The van der Waals surface area contributed by atoms with E-state index in [1.165, 1.54) is 0 Å². The van der Waals surface area contributed by atoms with Gasteiger partial charge in [0, 0.05) is 0 Å². The van der Waals surface area contributed by atoms with Crippen molar-refractivity contribution < 1.29 is 9.53 Å². The first kappa shape index (κ1) is 5.83. The van der Waals surface area contributed by atoms with Gasteiger partial charge in [-0.25, -0.2) is 0 Å². The second-order valence-electron chi connectivity index (χ2n) is 1.83. The van der Waals surface area contributed by atoms with Gasteiger partial charge in [0.05, 0.1) is 11.5 Å². The fourth-order valence-corrected chi connectivity index (χ4v) is 0.731. The Kier molecular flexibility index (Phi) is 0.945. The molecule has 7 nitrogen and oxygen atoms in total. The summed E-state index contributed by atoms with van der Waals surface area (Å²) < 4.78 is 4.12. The van der Waals surface area contributed by atoms with E-state index in [0.29, 0.717) is 0 Å². The number of H-pyrrole nitrogens is 1. The molecule has 2 aromatic heterocycles. The molecule has 0 aliphatic carbocycles. The van der Waals surface area contributed by atoms with E-state index in [9.17, 15) is 10.0 Å². The summed E-state index contributed by atoms with van der Waals surface area (Å²) in [5, 5.41) is 13.9. The zero-order valence-corrected chi connectivity index (χ0v) is 5.14. The van der Waals surface area contributed by atoms with Crippen LogP contribution in [0.25, 0.3) is 11.2 Å². The standard InChI is InChI=1S/C4H2N4O3/c9-4-2-3(5-1-6-4)7-11-8(2)10/h1H,(H,5,6,7,9). The van der Waals surface area contributed by atoms with Crippen LogP contribution in [0.2, 0.25) is 0 Å². The van der Waals surface area contributed by atoms with Crippen LogP contribution in [-0.2, 0) is 0 Å². The van der Waals surface area contributed by atoms with Crippen molar-refractivity contribution in [1.29, 1.82) is 0 Å². The highest BCUT2D eigenvalue weighted by Gasteiger charge is 2.13. The highest BCUT2D eigenvalue weighted by Crippen LogP contribution is 1.92. The lowest BCUT2D eigenvalue weighted by Gasteiger charge is -1.81. The maximum Gasteiger partial charge on any atom is 0.347 e. The Morgan fingerprint density at radius 1 is 1.73 bits per heavy atom. The Bertz CT molecular complexity index is 444. The van der Waals surface area contributed by atoms with Gasteiger partial charge in [-0.2, -0.15) is 4.98 Å². The maximum atomic E-state index is 10.8. The summed E-state index contributed by atoms with van der Waals surface area (Å²) in [6, 6.07) is 0. The van der Waals surface area contributed by atoms with Gasteiger partial charge in [0.25, 0.3) is 0 Å². The van der Waals surface area contributed by atoms with Gasteiger partial charge < -0.3 is 10.2 Å². The normalized spacial score (nSPS) is 10.5. The second-order valence-corrected chi connectivity index (χ2v) is 1.83. The number of rotatable bonds is 0. The zero-order chi connectivity index (χ0) is 7.84. The molecule has 2 rings (SSSR count). The van der Waals surface area contributed by atoms with Crippen molar-refractivity contribution in [3.05, 3.63) is 21.9 Å². The average Bonchev–Trinajstić information content (AvgIpc) is 2.34. The van der Waals surface area contributed by atoms with E-state index in [1.807, 2.05) is 0 Å². The molecule has 0 bridgehead atoms. The zero-order valence-electron chi connectivity index (χ0n) is 5.14. The molecule has 0 aliphatic heterocycles. The minimum absolute atomic E-state index is 0.00347. The van der Waals surface area contributed by atoms with Gasteiger partial charge in [0.1, 0.15) is 0 Å². The third-order valence-electron chi connectivity index (χ3n) is 1.19. The lowest BCUT2D eigenvalue weighted by molar-refractivity contribution is -0.782. The van der Waals surface area contributed by atoms with Gasteiger partial charge in [0.2, 0.25) is 0 Å². The van der Waals surface area contributed by atoms with Crippen LogP contribution < -0.4 is 10.5 Å². The molecule has 0 aliphatic rings. The Labute approximate surface area is 58.8 Å². The molecule has 1 N–H and O–H groups in total. The van der Waals surface area contributed by atoms with Crippen molar-refractivity contribution in [2.24, 2.45) is 0 Å². The first-order chi connectivity index (χ1) is 5.29. The molecular weight excluding hydrogens is 152 g/mol. The highest BCUT2D eigenvalue weighted by atomic mass is 16.8. The lowest BCUT2D eigenvalue weighted by Crippen LogP contribution is -2.29. The van der Waals surface area contributed by atoms with E-state index in [0.717, 1.165) is 6.33 Å². The molecule has 2 aromatic rings. The number of nitrogens with zero attached hydrogens (tertiary/aromatic N) is 3. The second kappa shape index (κ2) is 1.78. The van der Waals surface area contributed by atoms with Crippen LogP contribution >= 0.6 is 0 Å². The summed E-state index contributed by atoms with van der Waals surface area (Å²) >= 11 is 0. The SMILES string of the molecule is O=c1[nH]cnc2no[n+]([O-])c12. The van der Waals surface area contributed by atoms with Crippen LogP contribution in [0.4, 0.5) is 0 Å². The summed E-state index contributed by atoms with van der Waals surface area (Å²) in [6.45, 7) is 0. The number of hydrogen-bond donors (Lipinski definition) is 1. The molecule has 0 radical (unpaired) electrons. The van der Waals surface area contributed by atoms with E-state index in [4.69, 9.17) is 0 Å². The number of aromatic nitrogens is 4. The van der Waals surface area contributed by atoms with Crippen molar-refractivity contribution in [3.63, 3.8) is 0 Å². The Morgan fingerprint density at radius 3 is 3.27 bits per heavy atom. The van der Waals surface area contributed by atoms with E-state index < -0.39 is 5.56 Å². The smallest absolute Gasteiger partial charge is 0.347 e. The fraction of sp³-hybridized carbons (Fsp3) is 0. The van der Waals surface area contributed by atoms with Gasteiger partial charge in [-0.05, 0) is 4.90 Å². The predicted octanol–water partition coefficient (Wildman–Crippen LogP) is -1.46. The van der Waals surface area contributed by atoms with Crippen molar-refractivity contribution in [1.82, 2.24) is 15.1 Å². The lowest BCUT2D eigenvalue weighted by atomic mass is 10.5. The molecule has 0 atom stereocenters. The average molecular weight is 154 g/mol. The minimum Gasteiger partial charge on any atom is -0.359 e. The van der Waals surface area contributed by atoms with Gasteiger partial charge in [-0.3, -0.25) is 9.42 Å². The van der Waals surface area contributed by atoms with Crippen LogP contribution in [0.3, 0.4) is 0 Å². The first-order valence-corrected chi connectivity index (χ1v) is 2.72. The van der Waals surface area contributed by atoms with Crippen molar-refractivity contribution in [3.8, 4) is 0 Å². The molecule has 0 aromatic carbocycles. The Hall–Kier alpha value is -1.92. The summed E-state index contributed by atoms with van der Waals surface area (Å²) in [5.41, 5.74) is -0.775. The summed E-state index contributed by atoms with van der Waals surface area (Å²) in [6.07, 6.45) is 1.15. The van der Waals surface area contributed by atoms with Gasteiger partial charge in [0.15, 0.2) is 0 Å². The Balaban J connectivity index is 3.08. The van der Waals surface area contributed by atoms with Crippen LogP contribution in [-0.4, -0.2) is 15.1 Å². The quantitative estimate of drug-likeness (QED) is 0.467. The number of hydrogen-bond acceptors (Lipinski definition) is 5. The molecule has 0 unspecified atom stereocenters. The van der Waals surface area contributed by atoms with Crippen molar-refractivity contribution in [2.75, 3.05) is 0 Å². The Morgan fingerprint density at radius 2 is 2.55 bits per heavy atom. The van der Waals surface area contributed by atoms with E-state index in [-0.39, 0.29) is 16.1 Å². The van der Waals surface area contributed by atoms with Gasteiger partial charge in [-0.1, -0.05) is 0 Å². The van der Waals surface area contributed by atoms with E-state index >= 15 is 0 Å². The van der Waals surface area contributed by atoms with Crippen LogP contribution in [0.5, 0.6) is 0 Å². The summed E-state index contributed by atoms with van der Waals surface area (Å²) in [7, 11) is 0. The molecule has 0 amide bonds. The van der Waals surface area contributed by atoms with E-state index in [2.05, 4.69) is 19.8 Å². The highest BCUT2D eigenvalue weighted by molar-refractivity contribution is 5.62. The van der Waals surface area contributed by atoms with Crippen LogP contribution in [0, 0.1) is 5.21 Å². The molecule has 56 valence electrons. The number of aromatic amines is 1. The van der Waals surface area contributed by atoms with Crippen LogP contribution in [0.1, 0.15) is 0 Å². The minimum atomic E-state index is -0.564. The van der Waals surface area contributed by atoms with Gasteiger partial charge >= 0.3 is 16.7 Å². The fourth-order valence-electron chi connectivity index (χ4n) is 0.731. The largest absolute Gasteiger partial charge is 0.359 e. The molecule has 11 heavy (non-hydrogen) atoms. The molecule has 0 fully saturated rings. The topological polar surface area (TPSA) is 98.7 Å². The van der Waals surface area contributed by atoms with Crippen molar-refractivity contribution >= 4 is 11.2 Å². The van der Waals surface area contributed by atoms with Crippen molar-refractivity contribution in [2.45, 2.75) is 0 Å². The first-order valence-electron chi connectivity index (χ1n) is 2.72.